The summed E-state index contributed by atoms with van der Waals surface area (Å²) in [6.45, 7) is 9.26. The van der Waals surface area contributed by atoms with Gasteiger partial charge in [0, 0.05) is 12.5 Å². The van der Waals surface area contributed by atoms with Crippen LogP contribution in [0.4, 0.5) is 0 Å². The second-order valence-corrected chi connectivity index (χ2v) is 11.0. The molecule has 0 N–H and O–H groups in total. The summed E-state index contributed by atoms with van der Waals surface area (Å²) in [5.41, 5.74) is -0.589. The number of rotatable bonds is 25. The molecule has 192 valence electrons. The second kappa shape index (κ2) is 22.8. The molecule has 0 rings (SSSR count). The molecule has 2 unspecified atom stereocenters. The number of unbranched alkanes of at least 4 members (excludes halogenated alkanes) is 15. The lowest BCUT2D eigenvalue weighted by Gasteiger charge is -2.31. The Morgan fingerprint density at radius 2 is 1.19 bits per heavy atom. The molecule has 0 saturated heterocycles. The van der Waals surface area contributed by atoms with E-state index in [-0.39, 0.29) is 5.92 Å². The molecule has 0 heterocycles. The molecule has 0 aromatic rings. The van der Waals surface area contributed by atoms with Crippen LogP contribution in [0.15, 0.2) is 0 Å². The second-order valence-electron chi connectivity index (χ2n) is 9.99. The smallest absolute Gasteiger partial charge is 0.167 e. The maximum atomic E-state index is 13.0. The van der Waals surface area contributed by atoms with E-state index in [1.54, 1.807) is 0 Å². The third-order valence-electron chi connectivity index (χ3n) is 7.15. The average Bonchev–Trinajstić information content (AvgIpc) is 2.81. The number of thioether (sulfide) groups is 1. The molecule has 0 aromatic heterocycles. The summed E-state index contributed by atoms with van der Waals surface area (Å²) in [5, 5.41) is 0. The van der Waals surface area contributed by atoms with Crippen LogP contribution in [0.1, 0.15) is 150 Å². The normalized spacial score (nSPS) is 14.4. The molecule has 0 saturated carbocycles. The Labute approximate surface area is 206 Å². The van der Waals surface area contributed by atoms with Gasteiger partial charge in [-0.25, -0.2) is 0 Å². The van der Waals surface area contributed by atoms with Crippen LogP contribution < -0.4 is 0 Å². The lowest BCUT2D eigenvalue weighted by atomic mass is 9.85. The van der Waals surface area contributed by atoms with Crippen molar-refractivity contribution in [2.45, 2.75) is 155 Å². The molecular formula is C29H58O2S. The zero-order valence-electron chi connectivity index (χ0n) is 22.7. The number of Topliss-reactive ketones (excluding diaryl/α,β-unsaturated/α-hetero) is 1. The Balaban J connectivity index is 3.64. The first-order chi connectivity index (χ1) is 15.6. The minimum absolute atomic E-state index is 0.151. The molecule has 2 nitrogen and oxygen atoms in total. The minimum atomic E-state index is -0.589. The summed E-state index contributed by atoms with van der Waals surface area (Å²) < 4.78 is 6.17. The zero-order chi connectivity index (χ0) is 23.9. The van der Waals surface area contributed by atoms with Crippen LogP contribution >= 0.6 is 11.8 Å². The van der Waals surface area contributed by atoms with Crippen molar-refractivity contribution >= 4 is 17.5 Å². The monoisotopic (exact) mass is 470 g/mol. The zero-order valence-corrected chi connectivity index (χ0v) is 23.5. The predicted molar refractivity (Wildman–Crippen MR) is 146 cm³/mol. The van der Waals surface area contributed by atoms with E-state index in [0.29, 0.717) is 5.78 Å². The van der Waals surface area contributed by atoms with Crippen molar-refractivity contribution in [1.82, 2.24) is 0 Å². The summed E-state index contributed by atoms with van der Waals surface area (Å²) in [6.07, 6.45) is 26.9. The van der Waals surface area contributed by atoms with E-state index in [9.17, 15) is 4.79 Å². The predicted octanol–water partition coefficient (Wildman–Crippen LogP) is 9.78. The first-order valence-corrected chi connectivity index (χ1v) is 15.6. The number of carbonyl (C=O) groups excluding carboxylic acids is 1. The van der Waals surface area contributed by atoms with Gasteiger partial charge in [-0.15, -0.1) is 0 Å². The van der Waals surface area contributed by atoms with Crippen LogP contribution in [0.25, 0.3) is 0 Å². The summed E-state index contributed by atoms with van der Waals surface area (Å²) in [6, 6.07) is 0. The van der Waals surface area contributed by atoms with E-state index in [2.05, 4.69) is 27.0 Å². The SMILES string of the molecule is CCCCCCCCCCCCCCCCCCOC(C)(CC)C(=O)C(CC)CCSC. The average molecular weight is 471 g/mol. The molecule has 0 aromatic carbocycles. The van der Waals surface area contributed by atoms with Crippen LogP contribution in [0.2, 0.25) is 0 Å². The van der Waals surface area contributed by atoms with Crippen molar-refractivity contribution in [3.63, 3.8) is 0 Å². The Hall–Kier alpha value is -0.0200. The van der Waals surface area contributed by atoms with E-state index in [0.717, 1.165) is 38.0 Å². The number of ketones is 1. The molecule has 0 aliphatic heterocycles. The van der Waals surface area contributed by atoms with Crippen LogP contribution in [0.3, 0.4) is 0 Å². The fraction of sp³-hybridized carbons (Fsp3) is 0.966. The molecule has 0 spiro atoms. The van der Waals surface area contributed by atoms with Gasteiger partial charge in [0.2, 0.25) is 0 Å². The highest BCUT2D eigenvalue weighted by atomic mass is 32.2. The standard InChI is InChI=1S/C29H58O2S/c1-6-9-10-11-12-13-14-15-16-17-18-19-20-21-22-23-25-31-29(4,8-3)28(30)27(7-2)24-26-32-5/h27H,6-26H2,1-5H3. The number of ether oxygens (including phenoxy) is 1. The van der Waals surface area contributed by atoms with Gasteiger partial charge in [0.15, 0.2) is 5.78 Å². The molecule has 32 heavy (non-hydrogen) atoms. The molecular weight excluding hydrogens is 412 g/mol. The highest BCUT2D eigenvalue weighted by Crippen LogP contribution is 2.26. The van der Waals surface area contributed by atoms with Crippen molar-refractivity contribution in [3.8, 4) is 0 Å². The Morgan fingerprint density at radius 1 is 0.750 bits per heavy atom. The van der Waals surface area contributed by atoms with E-state index >= 15 is 0 Å². The quantitative estimate of drug-likeness (QED) is 0.124. The molecule has 0 amide bonds. The molecule has 0 radical (unpaired) electrons. The molecule has 2 atom stereocenters. The Bertz CT molecular complexity index is 412. The molecule has 3 heteroatoms. The van der Waals surface area contributed by atoms with E-state index in [1.807, 2.05) is 18.7 Å². The first-order valence-electron chi connectivity index (χ1n) is 14.2. The van der Waals surface area contributed by atoms with E-state index in [1.165, 1.54) is 96.3 Å². The Morgan fingerprint density at radius 3 is 1.56 bits per heavy atom. The maximum Gasteiger partial charge on any atom is 0.167 e. The lowest BCUT2D eigenvalue weighted by molar-refractivity contribution is -0.147. The van der Waals surface area contributed by atoms with Crippen molar-refractivity contribution in [3.05, 3.63) is 0 Å². The van der Waals surface area contributed by atoms with E-state index in [4.69, 9.17) is 4.74 Å². The van der Waals surface area contributed by atoms with Crippen LogP contribution in [0.5, 0.6) is 0 Å². The molecule has 0 aliphatic carbocycles. The maximum absolute atomic E-state index is 13.0. The van der Waals surface area contributed by atoms with Crippen LogP contribution in [0, 0.1) is 5.92 Å². The van der Waals surface area contributed by atoms with Gasteiger partial charge in [-0.3, -0.25) is 4.79 Å². The van der Waals surface area contributed by atoms with Gasteiger partial charge in [0.25, 0.3) is 0 Å². The third kappa shape index (κ3) is 16.6. The van der Waals surface area contributed by atoms with Crippen molar-refractivity contribution in [2.24, 2.45) is 5.92 Å². The van der Waals surface area contributed by atoms with Crippen LogP contribution in [-0.2, 0) is 9.53 Å². The number of carbonyl (C=O) groups is 1. The third-order valence-corrected chi connectivity index (χ3v) is 7.79. The topological polar surface area (TPSA) is 26.3 Å². The summed E-state index contributed by atoms with van der Waals surface area (Å²) >= 11 is 1.83. The van der Waals surface area contributed by atoms with Gasteiger partial charge < -0.3 is 4.74 Å². The first kappa shape index (κ1) is 32.0. The van der Waals surface area contributed by atoms with Gasteiger partial charge in [0.1, 0.15) is 5.60 Å². The fourth-order valence-corrected chi connectivity index (χ4v) is 5.03. The number of hydrogen-bond donors (Lipinski definition) is 0. The van der Waals surface area contributed by atoms with Gasteiger partial charge in [-0.05, 0) is 44.6 Å². The van der Waals surface area contributed by atoms with Crippen LogP contribution in [-0.4, -0.2) is 30.0 Å². The Kier molecular flexibility index (Phi) is 22.7. The molecule has 0 fully saturated rings. The van der Waals surface area contributed by atoms with Crippen molar-refractivity contribution in [2.75, 3.05) is 18.6 Å². The number of hydrogen-bond acceptors (Lipinski definition) is 3. The highest BCUT2D eigenvalue weighted by Gasteiger charge is 2.36. The highest BCUT2D eigenvalue weighted by molar-refractivity contribution is 7.98. The van der Waals surface area contributed by atoms with Gasteiger partial charge >= 0.3 is 0 Å². The van der Waals surface area contributed by atoms with Gasteiger partial charge in [0.05, 0.1) is 0 Å². The summed E-state index contributed by atoms with van der Waals surface area (Å²) in [4.78, 5) is 13.0. The van der Waals surface area contributed by atoms with Crippen molar-refractivity contribution < 1.29 is 9.53 Å². The summed E-state index contributed by atoms with van der Waals surface area (Å²) in [5.74, 6) is 1.54. The van der Waals surface area contributed by atoms with Gasteiger partial charge in [-0.2, -0.15) is 11.8 Å². The van der Waals surface area contributed by atoms with E-state index < -0.39 is 5.60 Å². The largest absolute Gasteiger partial charge is 0.368 e. The minimum Gasteiger partial charge on any atom is -0.368 e. The fourth-order valence-electron chi connectivity index (χ4n) is 4.51. The van der Waals surface area contributed by atoms with Gasteiger partial charge in [-0.1, -0.05) is 117 Å². The lowest BCUT2D eigenvalue weighted by Crippen LogP contribution is -2.42. The summed E-state index contributed by atoms with van der Waals surface area (Å²) in [7, 11) is 0. The van der Waals surface area contributed by atoms with Crippen molar-refractivity contribution in [1.29, 1.82) is 0 Å². The molecule has 0 bridgehead atoms. The molecule has 0 aliphatic rings.